The molecule has 2 aromatic rings. The molecular weight excluding hydrogens is 316 g/mol. The van der Waals surface area contributed by atoms with Crippen LogP contribution in [0.3, 0.4) is 0 Å². The Hall–Kier alpha value is -2.06. The number of rotatable bonds is 3. The molecule has 3 atom stereocenters. The fourth-order valence-electron chi connectivity index (χ4n) is 5.29. The Bertz CT molecular complexity index is 782. The third-order valence-electron chi connectivity index (χ3n) is 6.52. The molecule has 5 rings (SSSR count). The first-order valence-corrected chi connectivity index (χ1v) is 10.2. The molecule has 0 aromatic heterocycles. The summed E-state index contributed by atoms with van der Waals surface area (Å²) in [6.45, 7) is 3.73. The normalized spacial score (nSPS) is 28.0. The molecule has 2 heterocycles. The molecule has 2 aliphatic heterocycles. The monoisotopic (exact) mass is 344 g/mol. The fourth-order valence-corrected chi connectivity index (χ4v) is 5.29. The first-order valence-electron chi connectivity index (χ1n) is 10.2. The van der Waals surface area contributed by atoms with Crippen molar-refractivity contribution in [2.24, 2.45) is 5.92 Å². The first kappa shape index (κ1) is 16.1. The molecule has 134 valence electrons. The molecule has 0 N–H and O–H groups in total. The van der Waals surface area contributed by atoms with Crippen molar-refractivity contribution >= 4 is 11.4 Å². The Labute approximate surface area is 157 Å². The van der Waals surface area contributed by atoms with Crippen LogP contribution in [0, 0.1) is 5.92 Å². The van der Waals surface area contributed by atoms with Crippen molar-refractivity contribution in [3.63, 3.8) is 0 Å². The van der Waals surface area contributed by atoms with Gasteiger partial charge in [0.1, 0.15) is 0 Å². The second kappa shape index (κ2) is 6.92. The Morgan fingerprint density at radius 3 is 2.58 bits per heavy atom. The highest BCUT2D eigenvalue weighted by Gasteiger charge is 2.42. The molecule has 0 spiro atoms. The highest BCUT2D eigenvalue weighted by molar-refractivity contribution is 5.72. The predicted octanol–water partition coefficient (Wildman–Crippen LogP) is 5.35. The summed E-state index contributed by atoms with van der Waals surface area (Å²) in [6, 6.07) is 20.7. The summed E-state index contributed by atoms with van der Waals surface area (Å²) in [5.74, 6) is 1.50. The van der Waals surface area contributed by atoms with Gasteiger partial charge in [0.05, 0.1) is 0 Å². The van der Waals surface area contributed by atoms with E-state index >= 15 is 0 Å². The minimum atomic E-state index is 0.609. The number of likely N-dealkylation sites (tertiary alicyclic amines) is 1. The zero-order chi connectivity index (χ0) is 17.3. The molecule has 2 nitrogen and oxygen atoms in total. The highest BCUT2D eigenvalue weighted by Crippen LogP contribution is 2.48. The minimum absolute atomic E-state index is 0.609. The van der Waals surface area contributed by atoms with Gasteiger partial charge in [-0.25, -0.2) is 0 Å². The lowest BCUT2D eigenvalue weighted by molar-refractivity contribution is 0.165. The van der Waals surface area contributed by atoms with Gasteiger partial charge in [0, 0.05) is 43.0 Å². The number of anilines is 2. The van der Waals surface area contributed by atoms with E-state index in [1.165, 1.54) is 56.7 Å². The van der Waals surface area contributed by atoms with Crippen molar-refractivity contribution in [3.8, 4) is 0 Å². The number of fused-ring (bicyclic) bond motifs is 3. The lowest BCUT2D eigenvalue weighted by atomic mass is 9.87. The van der Waals surface area contributed by atoms with Gasteiger partial charge < -0.3 is 9.80 Å². The SMILES string of the molecule is C1=CCC(CN2CC[C@@H]3[C@@H](C2)c2ccccc2N3c2ccccc2)CC1. The van der Waals surface area contributed by atoms with Gasteiger partial charge in [-0.2, -0.15) is 0 Å². The van der Waals surface area contributed by atoms with E-state index in [1.807, 2.05) is 0 Å². The summed E-state index contributed by atoms with van der Waals surface area (Å²) in [7, 11) is 0. The summed E-state index contributed by atoms with van der Waals surface area (Å²) in [5.41, 5.74) is 4.32. The number of hydrogen-bond acceptors (Lipinski definition) is 2. The van der Waals surface area contributed by atoms with Crippen LogP contribution < -0.4 is 4.90 Å². The number of nitrogens with zero attached hydrogens (tertiary/aromatic N) is 2. The van der Waals surface area contributed by atoms with Gasteiger partial charge in [-0.1, -0.05) is 48.6 Å². The molecule has 1 saturated heterocycles. The second-order valence-corrected chi connectivity index (χ2v) is 8.14. The number of para-hydroxylation sites is 2. The zero-order valence-corrected chi connectivity index (χ0v) is 15.4. The molecule has 0 saturated carbocycles. The summed E-state index contributed by atoms with van der Waals surface area (Å²) < 4.78 is 0. The van der Waals surface area contributed by atoms with Crippen LogP contribution in [-0.4, -0.2) is 30.6 Å². The Morgan fingerprint density at radius 2 is 1.73 bits per heavy atom. The molecule has 2 heteroatoms. The third-order valence-corrected chi connectivity index (χ3v) is 6.52. The standard InChI is InChI=1S/C24H28N2/c1-3-9-19(10-4-1)17-25-16-15-24-22(18-25)21-13-7-8-14-23(21)26(24)20-11-5-2-6-12-20/h1-3,5-8,11-14,19,22,24H,4,9-10,15-18H2/t19?,22-,24+/m0/s1. The van der Waals surface area contributed by atoms with Gasteiger partial charge in [-0.05, 0) is 55.4 Å². The summed E-state index contributed by atoms with van der Waals surface area (Å²) in [4.78, 5) is 5.36. The van der Waals surface area contributed by atoms with E-state index in [-0.39, 0.29) is 0 Å². The third kappa shape index (κ3) is 2.87. The van der Waals surface area contributed by atoms with Crippen LogP contribution in [0.5, 0.6) is 0 Å². The van der Waals surface area contributed by atoms with E-state index in [2.05, 4.69) is 76.5 Å². The van der Waals surface area contributed by atoms with Crippen LogP contribution in [0.15, 0.2) is 66.7 Å². The molecule has 0 amide bonds. The molecule has 2 aromatic carbocycles. The van der Waals surface area contributed by atoms with Crippen LogP contribution in [0.25, 0.3) is 0 Å². The molecule has 0 bridgehead atoms. The Kier molecular flexibility index (Phi) is 4.30. The summed E-state index contributed by atoms with van der Waals surface area (Å²) >= 11 is 0. The number of piperidine rings is 1. The lowest BCUT2D eigenvalue weighted by Gasteiger charge is -2.40. The average Bonchev–Trinajstić information content (AvgIpc) is 3.03. The first-order chi connectivity index (χ1) is 12.9. The van der Waals surface area contributed by atoms with Gasteiger partial charge in [0.15, 0.2) is 0 Å². The van der Waals surface area contributed by atoms with Crippen molar-refractivity contribution in [3.05, 3.63) is 72.3 Å². The van der Waals surface area contributed by atoms with E-state index in [0.717, 1.165) is 5.92 Å². The number of allylic oxidation sites excluding steroid dienone is 2. The predicted molar refractivity (Wildman–Crippen MR) is 109 cm³/mol. The second-order valence-electron chi connectivity index (χ2n) is 8.14. The van der Waals surface area contributed by atoms with Crippen LogP contribution >= 0.6 is 0 Å². The maximum Gasteiger partial charge on any atom is 0.0450 e. The maximum atomic E-state index is 2.75. The molecule has 1 unspecified atom stereocenters. The van der Waals surface area contributed by atoms with E-state index in [0.29, 0.717) is 12.0 Å². The zero-order valence-electron chi connectivity index (χ0n) is 15.4. The average molecular weight is 345 g/mol. The molecule has 1 aliphatic carbocycles. The smallest absolute Gasteiger partial charge is 0.0450 e. The number of hydrogen-bond donors (Lipinski definition) is 0. The summed E-state index contributed by atoms with van der Waals surface area (Å²) in [6.07, 6.45) is 9.92. The van der Waals surface area contributed by atoms with Crippen molar-refractivity contribution < 1.29 is 0 Å². The van der Waals surface area contributed by atoms with Crippen molar-refractivity contribution in [2.75, 3.05) is 24.5 Å². The molecule has 3 aliphatic rings. The molecular formula is C24H28N2. The summed E-state index contributed by atoms with van der Waals surface area (Å²) in [5, 5.41) is 0. The Balaban J connectivity index is 1.40. The van der Waals surface area contributed by atoms with E-state index < -0.39 is 0 Å². The van der Waals surface area contributed by atoms with E-state index in [1.54, 1.807) is 5.56 Å². The quantitative estimate of drug-likeness (QED) is 0.692. The van der Waals surface area contributed by atoms with E-state index in [9.17, 15) is 0 Å². The molecule has 26 heavy (non-hydrogen) atoms. The van der Waals surface area contributed by atoms with Crippen molar-refractivity contribution in [2.45, 2.75) is 37.6 Å². The van der Waals surface area contributed by atoms with Gasteiger partial charge >= 0.3 is 0 Å². The fraction of sp³-hybridized carbons (Fsp3) is 0.417. The highest BCUT2D eigenvalue weighted by atomic mass is 15.2. The van der Waals surface area contributed by atoms with Crippen LogP contribution in [0.4, 0.5) is 11.4 Å². The van der Waals surface area contributed by atoms with Crippen LogP contribution in [0.2, 0.25) is 0 Å². The lowest BCUT2D eigenvalue weighted by Crippen LogP contribution is -2.46. The van der Waals surface area contributed by atoms with Crippen LogP contribution in [0.1, 0.15) is 37.2 Å². The molecule has 1 fully saturated rings. The maximum absolute atomic E-state index is 2.75. The van der Waals surface area contributed by atoms with Crippen molar-refractivity contribution in [1.29, 1.82) is 0 Å². The number of benzene rings is 2. The largest absolute Gasteiger partial charge is 0.337 e. The van der Waals surface area contributed by atoms with E-state index in [4.69, 9.17) is 0 Å². The van der Waals surface area contributed by atoms with Gasteiger partial charge in [-0.15, -0.1) is 0 Å². The Morgan fingerprint density at radius 1 is 0.885 bits per heavy atom. The van der Waals surface area contributed by atoms with Crippen LogP contribution in [-0.2, 0) is 0 Å². The van der Waals surface area contributed by atoms with Gasteiger partial charge in [-0.3, -0.25) is 0 Å². The minimum Gasteiger partial charge on any atom is -0.337 e. The van der Waals surface area contributed by atoms with Gasteiger partial charge in [0.2, 0.25) is 0 Å². The van der Waals surface area contributed by atoms with Gasteiger partial charge in [0.25, 0.3) is 0 Å². The topological polar surface area (TPSA) is 6.48 Å². The molecule has 0 radical (unpaired) electrons. The van der Waals surface area contributed by atoms with Crippen molar-refractivity contribution in [1.82, 2.24) is 4.90 Å².